The lowest BCUT2D eigenvalue weighted by Crippen LogP contribution is -2.11. The van der Waals surface area contributed by atoms with Crippen molar-refractivity contribution in [3.63, 3.8) is 0 Å². The Morgan fingerprint density at radius 3 is 2.41 bits per heavy atom. The molecule has 0 atom stereocenters. The molecule has 0 radical (unpaired) electrons. The second-order valence-electron chi connectivity index (χ2n) is 5.85. The average Bonchev–Trinajstić information content (AvgIpc) is 2.46. The summed E-state index contributed by atoms with van der Waals surface area (Å²) in [7, 11) is 0. The van der Waals surface area contributed by atoms with Gasteiger partial charge in [-0.05, 0) is 43.7 Å². The maximum absolute atomic E-state index is 11.7. The Labute approximate surface area is 132 Å². The van der Waals surface area contributed by atoms with Gasteiger partial charge in [-0.3, -0.25) is 9.59 Å². The standard InChI is InChI=1S/C18H26O4/c1-14(2)8-7-13-21-17(19)11-6-12-18(20)22-16-10-5-4-9-15(16)3/h4-5,9-10,14H,6-8,11-13H2,1-3H3. The van der Waals surface area contributed by atoms with Crippen LogP contribution in [0.3, 0.4) is 0 Å². The molecule has 1 aromatic rings. The van der Waals surface area contributed by atoms with Gasteiger partial charge in [-0.25, -0.2) is 0 Å². The monoisotopic (exact) mass is 306 g/mol. The van der Waals surface area contributed by atoms with Gasteiger partial charge in [0.25, 0.3) is 0 Å². The number of esters is 2. The maximum atomic E-state index is 11.7. The van der Waals surface area contributed by atoms with Crippen molar-refractivity contribution in [1.29, 1.82) is 0 Å². The zero-order valence-electron chi connectivity index (χ0n) is 13.8. The van der Waals surface area contributed by atoms with Gasteiger partial charge in [0.1, 0.15) is 5.75 Å². The Morgan fingerprint density at radius 2 is 1.73 bits per heavy atom. The Hall–Kier alpha value is -1.84. The minimum Gasteiger partial charge on any atom is -0.466 e. The van der Waals surface area contributed by atoms with Crippen molar-refractivity contribution in [2.75, 3.05) is 6.61 Å². The number of benzene rings is 1. The first-order chi connectivity index (χ1) is 10.5. The van der Waals surface area contributed by atoms with Gasteiger partial charge in [-0.15, -0.1) is 0 Å². The molecule has 1 aromatic carbocycles. The highest BCUT2D eigenvalue weighted by Gasteiger charge is 2.09. The van der Waals surface area contributed by atoms with Crippen LogP contribution in [0.5, 0.6) is 5.75 Å². The van der Waals surface area contributed by atoms with E-state index in [-0.39, 0.29) is 24.8 Å². The number of hydrogen-bond acceptors (Lipinski definition) is 4. The Bertz CT molecular complexity index is 480. The summed E-state index contributed by atoms with van der Waals surface area (Å²) in [6, 6.07) is 7.36. The summed E-state index contributed by atoms with van der Waals surface area (Å²) < 4.78 is 10.4. The van der Waals surface area contributed by atoms with Crippen molar-refractivity contribution in [2.24, 2.45) is 5.92 Å². The molecule has 22 heavy (non-hydrogen) atoms. The lowest BCUT2D eigenvalue weighted by Gasteiger charge is -2.07. The van der Waals surface area contributed by atoms with Crippen LogP contribution in [0.15, 0.2) is 24.3 Å². The van der Waals surface area contributed by atoms with E-state index < -0.39 is 0 Å². The van der Waals surface area contributed by atoms with E-state index in [0.29, 0.717) is 24.7 Å². The predicted molar refractivity (Wildman–Crippen MR) is 85.7 cm³/mol. The molecule has 0 fully saturated rings. The molecule has 1 rings (SSSR count). The quantitative estimate of drug-likeness (QED) is 0.392. The number of rotatable bonds is 9. The number of carbonyl (C=O) groups excluding carboxylic acids is 2. The molecule has 0 heterocycles. The zero-order valence-corrected chi connectivity index (χ0v) is 13.8. The average molecular weight is 306 g/mol. The second kappa shape index (κ2) is 9.98. The minimum atomic E-state index is -0.318. The first-order valence-electron chi connectivity index (χ1n) is 7.91. The molecule has 0 aromatic heterocycles. The van der Waals surface area contributed by atoms with E-state index in [9.17, 15) is 9.59 Å². The third kappa shape index (κ3) is 7.81. The lowest BCUT2D eigenvalue weighted by molar-refractivity contribution is -0.144. The lowest BCUT2D eigenvalue weighted by atomic mass is 10.1. The van der Waals surface area contributed by atoms with E-state index in [1.54, 1.807) is 6.07 Å². The van der Waals surface area contributed by atoms with E-state index in [2.05, 4.69) is 13.8 Å². The van der Waals surface area contributed by atoms with E-state index in [0.717, 1.165) is 18.4 Å². The molecule has 122 valence electrons. The summed E-state index contributed by atoms with van der Waals surface area (Å²) in [5.74, 6) is 0.632. The molecule has 4 heteroatoms. The Morgan fingerprint density at radius 1 is 1.05 bits per heavy atom. The number of para-hydroxylation sites is 1. The van der Waals surface area contributed by atoms with E-state index in [1.165, 1.54) is 0 Å². The van der Waals surface area contributed by atoms with Gasteiger partial charge in [0, 0.05) is 12.8 Å². The highest BCUT2D eigenvalue weighted by Crippen LogP contribution is 2.17. The molecule has 0 aliphatic carbocycles. The third-order valence-corrected chi connectivity index (χ3v) is 3.27. The van der Waals surface area contributed by atoms with Gasteiger partial charge < -0.3 is 9.47 Å². The van der Waals surface area contributed by atoms with Crippen molar-refractivity contribution >= 4 is 11.9 Å². The third-order valence-electron chi connectivity index (χ3n) is 3.27. The Balaban J connectivity index is 2.14. The molecule has 0 N–H and O–H groups in total. The summed E-state index contributed by atoms with van der Waals surface area (Å²) in [6.45, 7) is 6.63. The highest BCUT2D eigenvalue weighted by molar-refractivity contribution is 5.74. The number of carbonyl (C=O) groups is 2. The minimum absolute atomic E-state index is 0.218. The number of ether oxygens (including phenoxy) is 2. The molecule has 0 aliphatic heterocycles. The van der Waals surface area contributed by atoms with Crippen LogP contribution in [0.1, 0.15) is 51.5 Å². The molecule has 0 unspecified atom stereocenters. The van der Waals surface area contributed by atoms with Crippen LogP contribution in [0.4, 0.5) is 0 Å². The molecule has 4 nitrogen and oxygen atoms in total. The van der Waals surface area contributed by atoms with Gasteiger partial charge >= 0.3 is 11.9 Å². The normalized spacial score (nSPS) is 10.5. The molecule has 0 aliphatic rings. The number of aryl methyl sites for hydroxylation is 1. The maximum Gasteiger partial charge on any atom is 0.311 e. The SMILES string of the molecule is Cc1ccccc1OC(=O)CCCC(=O)OCCCC(C)C. The van der Waals surface area contributed by atoms with Gasteiger partial charge in [0.15, 0.2) is 0 Å². The van der Waals surface area contributed by atoms with Crippen molar-refractivity contribution in [2.45, 2.75) is 52.9 Å². The van der Waals surface area contributed by atoms with Gasteiger partial charge in [-0.1, -0.05) is 32.0 Å². The molecular weight excluding hydrogens is 280 g/mol. The molecular formula is C18H26O4. The van der Waals surface area contributed by atoms with Crippen LogP contribution in [-0.2, 0) is 14.3 Å². The fourth-order valence-electron chi connectivity index (χ4n) is 1.97. The van der Waals surface area contributed by atoms with Crippen LogP contribution in [0, 0.1) is 12.8 Å². The van der Waals surface area contributed by atoms with E-state index in [1.807, 2.05) is 25.1 Å². The summed E-state index contributed by atoms with van der Waals surface area (Å²) in [5.41, 5.74) is 0.917. The van der Waals surface area contributed by atoms with Gasteiger partial charge in [0.05, 0.1) is 6.61 Å². The fraction of sp³-hybridized carbons (Fsp3) is 0.556. The second-order valence-corrected chi connectivity index (χ2v) is 5.85. The van der Waals surface area contributed by atoms with Crippen molar-refractivity contribution in [3.8, 4) is 5.75 Å². The van der Waals surface area contributed by atoms with Crippen LogP contribution >= 0.6 is 0 Å². The smallest absolute Gasteiger partial charge is 0.311 e. The van der Waals surface area contributed by atoms with Gasteiger partial charge in [0.2, 0.25) is 0 Å². The summed E-state index contributed by atoms with van der Waals surface area (Å²) in [5, 5.41) is 0. The van der Waals surface area contributed by atoms with E-state index >= 15 is 0 Å². The van der Waals surface area contributed by atoms with Crippen LogP contribution < -0.4 is 4.74 Å². The summed E-state index contributed by atoms with van der Waals surface area (Å²) in [4.78, 5) is 23.2. The van der Waals surface area contributed by atoms with Crippen LogP contribution in [0.25, 0.3) is 0 Å². The molecule has 0 saturated heterocycles. The summed E-state index contributed by atoms with van der Waals surface area (Å²) >= 11 is 0. The first-order valence-corrected chi connectivity index (χ1v) is 7.91. The summed E-state index contributed by atoms with van der Waals surface area (Å²) in [6.07, 6.45) is 2.86. The van der Waals surface area contributed by atoms with Crippen LogP contribution in [0.2, 0.25) is 0 Å². The Kier molecular flexibility index (Phi) is 8.26. The largest absolute Gasteiger partial charge is 0.466 e. The fourth-order valence-corrected chi connectivity index (χ4v) is 1.97. The molecule has 0 spiro atoms. The van der Waals surface area contributed by atoms with Crippen molar-refractivity contribution in [1.82, 2.24) is 0 Å². The van der Waals surface area contributed by atoms with E-state index in [4.69, 9.17) is 9.47 Å². The molecule has 0 amide bonds. The van der Waals surface area contributed by atoms with Gasteiger partial charge in [-0.2, -0.15) is 0 Å². The zero-order chi connectivity index (χ0) is 16.4. The van der Waals surface area contributed by atoms with Crippen molar-refractivity contribution < 1.29 is 19.1 Å². The molecule has 0 bridgehead atoms. The highest BCUT2D eigenvalue weighted by atomic mass is 16.5. The first kappa shape index (κ1) is 18.2. The predicted octanol–water partition coefficient (Wildman–Crippen LogP) is 4.05. The topological polar surface area (TPSA) is 52.6 Å². The van der Waals surface area contributed by atoms with Crippen molar-refractivity contribution in [3.05, 3.63) is 29.8 Å². The number of hydrogen-bond donors (Lipinski definition) is 0. The molecule has 0 saturated carbocycles. The van der Waals surface area contributed by atoms with Crippen LogP contribution in [-0.4, -0.2) is 18.5 Å².